The summed E-state index contributed by atoms with van der Waals surface area (Å²) in [6.45, 7) is 0.819. The van der Waals surface area contributed by atoms with Gasteiger partial charge in [-0.05, 0) is 43.0 Å². The van der Waals surface area contributed by atoms with E-state index < -0.39 is 0 Å². The zero-order chi connectivity index (χ0) is 19.3. The Morgan fingerprint density at radius 3 is 2.86 bits per heavy atom. The Hall–Kier alpha value is -3.35. The van der Waals surface area contributed by atoms with Crippen LogP contribution in [0.4, 0.5) is 0 Å². The molecule has 3 heterocycles. The first-order valence-electron chi connectivity index (χ1n) is 9.39. The van der Waals surface area contributed by atoms with Crippen LogP contribution in [-0.2, 0) is 7.05 Å². The maximum atomic E-state index is 12.7. The van der Waals surface area contributed by atoms with Crippen LogP contribution in [0.15, 0.2) is 42.9 Å². The summed E-state index contributed by atoms with van der Waals surface area (Å²) in [4.78, 5) is 28.2. The lowest BCUT2D eigenvalue weighted by Crippen LogP contribution is -2.28. The van der Waals surface area contributed by atoms with Crippen LogP contribution in [0.25, 0.3) is 33.3 Å². The lowest BCUT2D eigenvalue weighted by atomic mass is 10.1. The zero-order valence-electron chi connectivity index (χ0n) is 15.8. The van der Waals surface area contributed by atoms with Crippen molar-refractivity contribution in [2.75, 3.05) is 13.6 Å². The van der Waals surface area contributed by atoms with E-state index in [1.807, 2.05) is 44.6 Å². The molecule has 0 radical (unpaired) electrons. The van der Waals surface area contributed by atoms with Gasteiger partial charge in [-0.1, -0.05) is 0 Å². The molecule has 28 heavy (non-hydrogen) atoms. The van der Waals surface area contributed by atoms with Gasteiger partial charge in [0.1, 0.15) is 0 Å². The van der Waals surface area contributed by atoms with Crippen LogP contribution in [0.3, 0.4) is 0 Å². The Balaban J connectivity index is 1.50. The molecular weight excluding hydrogens is 352 g/mol. The molecule has 1 saturated carbocycles. The van der Waals surface area contributed by atoms with Crippen molar-refractivity contribution in [3.8, 4) is 11.3 Å². The molecule has 1 aliphatic carbocycles. The van der Waals surface area contributed by atoms with Crippen molar-refractivity contribution in [3.05, 3.63) is 48.4 Å². The number of pyridine rings is 1. The number of carbonyl (C=O) groups is 1. The molecule has 1 fully saturated rings. The Morgan fingerprint density at radius 2 is 2.04 bits per heavy atom. The van der Waals surface area contributed by atoms with Gasteiger partial charge in [0, 0.05) is 49.5 Å². The fourth-order valence-electron chi connectivity index (χ4n) is 3.45. The molecule has 0 spiro atoms. The van der Waals surface area contributed by atoms with Gasteiger partial charge in [0.2, 0.25) is 0 Å². The molecule has 0 bridgehead atoms. The van der Waals surface area contributed by atoms with E-state index in [9.17, 15) is 4.79 Å². The van der Waals surface area contributed by atoms with Gasteiger partial charge in [0.05, 0.1) is 22.9 Å². The first kappa shape index (κ1) is 16.8. The number of nitrogens with zero attached hydrogens (tertiary/aromatic N) is 6. The topological polar surface area (TPSA) is 76.8 Å². The third-order valence-corrected chi connectivity index (χ3v) is 5.13. The van der Waals surface area contributed by atoms with E-state index in [0.29, 0.717) is 22.6 Å². The van der Waals surface area contributed by atoms with Gasteiger partial charge in [-0.15, -0.1) is 0 Å². The van der Waals surface area contributed by atoms with Crippen LogP contribution < -0.4 is 0 Å². The predicted octanol–water partition coefficient (Wildman–Crippen LogP) is 3.06. The lowest BCUT2D eigenvalue weighted by Gasteiger charge is -2.16. The fraction of sp³-hybridized carbons (Fsp3) is 0.286. The van der Waals surface area contributed by atoms with Crippen molar-refractivity contribution in [2.24, 2.45) is 13.0 Å². The van der Waals surface area contributed by atoms with Gasteiger partial charge >= 0.3 is 0 Å². The van der Waals surface area contributed by atoms with Crippen LogP contribution in [0.1, 0.15) is 23.2 Å². The minimum Gasteiger partial charge on any atom is -0.341 e. The van der Waals surface area contributed by atoms with E-state index in [4.69, 9.17) is 4.98 Å². The number of carbonyl (C=O) groups excluding carboxylic acids is 1. The molecule has 7 heteroatoms. The SMILES string of the molecule is CN(CC1CC1)C(=O)c1ccc2ncc(-c3cnc4nn(C)cc4c3)nc2c1. The van der Waals surface area contributed by atoms with Gasteiger partial charge in [-0.3, -0.25) is 14.5 Å². The number of aromatic nitrogens is 5. The Labute approximate surface area is 162 Å². The van der Waals surface area contributed by atoms with Crippen LogP contribution in [-0.4, -0.2) is 49.1 Å². The van der Waals surface area contributed by atoms with E-state index in [0.717, 1.165) is 28.7 Å². The minimum atomic E-state index is 0.0273. The van der Waals surface area contributed by atoms with Gasteiger partial charge in [-0.2, -0.15) is 5.10 Å². The van der Waals surface area contributed by atoms with Crippen LogP contribution in [0, 0.1) is 5.92 Å². The molecule has 7 nitrogen and oxygen atoms in total. The highest BCUT2D eigenvalue weighted by molar-refractivity contribution is 5.97. The molecule has 4 aromatic rings. The summed E-state index contributed by atoms with van der Waals surface area (Å²) in [5, 5.41) is 5.25. The summed E-state index contributed by atoms with van der Waals surface area (Å²) in [6, 6.07) is 7.51. The summed E-state index contributed by atoms with van der Waals surface area (Å²) in [6.07, 6.45) is 7.86. The number of hydrogen-bond acceptors (Lipinski definition) is 5. The molecule has 0 aliphatic heterocycles. The molecule has 1 aromatic carbocycles. The van der Waals surface area contributed by atoms with Gasteiger partial charge in [0.15, 0.2) is 5.65 Å². The van der Waals surface area contributed by atoms with E-state index in [-0.39, 0.29) is 5.91 Å². The number of fused-ring (bicyclic) bond motifs is 2. The largest absolute Gasteiger partial charge is 0.341 e. The quantitative estimate of drug-likeness (QED) is 0.550. The standard InChI is InChI=1S/C21H20N6O/c1-26(11-13-3-4-13)21(28)14-5-6-17-18(8-14)24-19(10-22-17)15-7-16-12-27(2)25-20(16)23-9-15/h5-10,12-13H,3-4,11H2,1-2H3. The molecule has 0 atom stereocenters. The summed E-state index contributed by atoms with van der Waals surface area (Å²) in [5.41, 5.74) is 4.41. The maximum absolute atomic E-state index is 12.7. The van der Waals surface area contributed by atoms with E-state index in [1.165, 1.54) is 12.8 Å². The summed E-state index contributed by atoms with van der Waals surface area (Å²) >= 11 is 0. The fourth-order valence-corrected chi connectivity index (χ4v) is 3.45. The summed E-state index contributed by atoms with van der Waals surface area (Å²) < 4.78 is 1.74. The average Bonchev–Trinajstić information content (AvgIpc) is 3.43. The maximum Gasteiger partial charge on any atom is 0.253 e. The predicted molar refractivity (Wildman–Crippen MR) is 107 cm³/mol. The molecule has 1 aliphatic rings. The number of aryl methyl sites for hydroxylation is 1. The highest BCUT2D eigenvalue weighted by atomic mass is 16.2. The molecule has 0 saturated heterocycles. The molecule has 3 aromatic heterocycles. The normalized spacial score (nSPS) is 13.9. The monoisotopic (exact) mass is 372 g/mol. The molecule has 0 unspecified atom stereocenters. The van der Waals surface area contributed by atoms with Gasteiger partial charge in [-0.25, -0.2) is 9.97 Å². The second-order valence-electron chi connectivity index (χ2n) is 7.53. The van der Waals surface area contributed by atoms with E-state index in [2.05, 4.69) is 15.1 Å². The van der Waals surface area contributed by atoms with Crippen molar-refractivity contribution in [1.82, 2.24) is 29.6 Å². The Kier molecular flexibility index (Phi) is 3.82. The summed E-state index contributed by atoms with van der Waals surface area (Å²) in [5.74, 6) is 0.690. The molecule has 0 N–H and O–H groups in total. The molecular formula is C21H20N6O. The minimum absolute atomic E-state index is 0.0273. The molecule has 1 amide bonds. The van der Waals surface area contributed by atoms with Crippen molar-refractivity contribution in [1.29, 1.82) is 0 Å². The van der Waals surface area contributed by atoms with E-state index in [1.54, 1.807) is 22.0 Å². The number of rotatable bonds is 4. The second-order valence-corrected chi connectivity index (χ2v) is 7.53. The molecule has 5 rings (SSSR count). The van der Waals surface area contributed by atoms with Crippen LogP contribution in [0.2, 0.25) is 0 Å². The summed E-state index contributed by atoms with van der Waals surface area (Å²) in [7, 11) is 3.73. The van der Waals surface area contributed by atoms with Crippen molar-refractivity contribution < 1.29 is 4.79 Å². The number of benzene rings is 1. The third-order valence-electron chi connectivity index (χ3n) is 5.13. The first-order valence-corrected chi connectivity index (χ1v) is 9.39. The highest BCUT2D eigenvalue weighted by Gasteiger charge is 2.25. The number of hydrogen-bond donors (Lipinski definition) is 0. The number of amides is 1. The highest BCUT2D eigenvalue weighted by Crippen LogP contribution is 2.30. The molecule has 140 valence electrons. The van der Waals surface area contributed by atoms with Crippen molar-refractivity contribution in [3.63, 3.8) is 0 Å². The third kappa shape index (κ3) is 3.09. The van der Waals surface area contributed by atoms with E-state index >= 15 is 0 Å². The second kappa shape index (κ2) is 6.37. The van der Waals surface area contributed by atoms with Crippen molar-refractivity contribution in [2.45, 2.75) is 12.8 Å². The van der Waals surface area contributed by atoms with Crippen molar-refractivity contribution >= 4 is 28.0 Å². The first-order chi connectivity index (χ1) is 13.6. The zero-order valence-corrected chi connectivity index (χ0v) is 15.8. The van der Waals surface area contributed by atoms with Gasteiger partial charge < -0.3 is 4.90 Å². The van der Waals surface area contributed by atoms with Crippen LogP contribution in [0.5, 0.6) is 0 Å². The average molecular weight is 372 g/mol. The van der Waals surface area contributed by atoms with Crippen LogP contribution >= 0.6 is 0 Å². The smallest absolute Gasteiger partial charge is 0.253 e. The Morgan fingerprint density at radius 1 is 1.18 bits per heavy atom. The lowest BCUT2D eigenvalue weighted by molar-refractivity contribution is 0.0789. The van der Waals surface area contributed by atoms with Gasteiger partial charge in [0.25, 0.3) is 5.91 Å². The Bertz CT molecular complexity index is 1210.